The van der Waals surface area contributed by atoms with E-state index in [0.29, 0.717) is 18.3 Å². The van der Waals surface area contributed by atoms with Crippen LogP contribution in [0.5, 0.6) is 0 Å². The van der Waals surface area contributed by atoms with E-state index in [2.05, 4.69) is 35.2 Å². The van der Waals surface area contributed by atoms with Crippen LogP contribution >= 0.6 is 11.8 Å². The Morgan fingerprint density at radius 2 is 1.49 bits per heavy atom. The first kappa shape index (κ1) is 22.4. The van der Waals surface area contributed by atoms with Crippen molar-refractivity contribution in [2.24, 2.45) is 5.92 Å². The molecule has 0 saturated carbocycles. The molecule has 0 bridgehead atoms. The lowest BCUT2D eigenvalue weighted by Gasteiger charge is -2.36. The first-order valence-corrected chi connectivity index (χ1v) is 13.4. The number of hydrogen-bond donors (Lipinski definition) is 0. The molecule has 35 heavy (non-hydrogen) atoms. The number of nitrogens with zero attached hydrogens (tertiary/aromatic N) is 3. The molecule has 3 aromatic carbocycles. The van der Waals surface area contributed by atoms with Crippen LogP contribution in [-0.4, -0.2) is 42.2 Å². The number of carbonyl (C=O) groups is 2. The van der Waals surface area contributed by atoms with Crippen molar-refractivity contribution in [2.75, 3.05) is 35.3 Å². The monoisotopic (exact) mass is 483 g/mol. The molecule has 1 spiro atoms. The van der Waals surface area contributed by atoms with Crippen LogP contribution in [0.15, 0.2) is 84.9 Å². The van der Waals surface area contributed by atoms with Crippen molar-refractivity contribution in [3.8, 4) is 0 Å². The summed E-state index contributed by atoms with van der Waals surface area (Å²) in [6.45, 7) is 2.52. The van der Waals surface area contributed by atoms with E-state index in [4.69, 9.17) is 0 Å². The molecular weight excluding hydrogens is 454 g/mol. The largest absolute Gasteiger partial charge is 0.295 e. The molecule has 6 rings (SSSR count). The lowest BCUT2D eigenvalue weighted by Crippen LogP contribution is -2.52. The number of benzene rings is 3. The van der Waals surface area contributed by atoms with Gasteiger partial charge in [0.25, 0.3) is 5.91 Å². The molecule has 0 unspecified atom stereocenters. The summed E-state index contributed by atoms with van der Waals surface area (Å²) in [5.74, 6) is 0.948. The quantitative estimate of drug-likeness (QED) is 0.519. The maximum Gasteiger partial charge on any atom is 0.269 e. The van der Waals surface area contributed by atoms with Gasteiger partial charge in [-0.1, -0.05) is 66.7 Å². The Bertz CT molecular complexity index is 1230. The second-order valence-corrected chi connectivity index (χ2v) is 10.8. The second-order valence-electron chi connectivity index (χ2n) is 9.64. The number of carbonyl (C=O) groups excluding carboxylic acids is 2. The number of anilines is 2. The van der Waals surface area contributed by atoms with Crippen LogP contribution in [0.3, 0.4) is 0 Å². The minimum atomic E-state index is -1.03. The fourth-order valence-electron chi connectivity index (χ4n) is 5.75. The molecule has 0 aliphatic carbocycles. The van der Waals surface area contributed by atoms with Crippen LogP contribution in [0.2, 0.25) is 0 Å². The van der Waals surface area contributed by atoms with E-state index in [-0.39, 0.29) is 11.8 Å². The Hall–Kier alpha value is -3.09. The zero-order valence-corrected chi connectivity index (χ0v) is 20.5. The molecule has 178 valence electrons. The fourth-order valence-corrected chi connectivity index (χ4v) is 7.11. The van der Waals surface area contributed by atoms with Gasteiger partial charge in [-0.05, 0) is 48.9 Å². The van der Waals surface area contributed by atoms with Crippen molar-refractivity contribution < 1.29 is 9.59 Å². The molecule has 3 heterocycles. The maximum absolute atomic E-state index is 14.2. The first-order chi connectivity index (χ1) is 17.2. The van der Waals surface area contributed by atoms with E-state index < -0.39 is 4.87 Å². The predicted octanol–water partition coefficient (Wildman–Crippen LogP) is 4.88. The van der Waals surface area contributed by atoms with Crippen molar-refractivity contribution >= 4 is 35.0 Å². The lowest BCUT2D eigenvalue weighted by atomic mass is 9.90. The van der Waals surface area contributed by atoms with Crippen LogP contribution in [-0.2, 0) is 20.9 Å². The highest BCUT2D eigenvalue weighted by atomic mass is 32.2. The maximum atomic E-state index is 14.2. The third-order valence-electron chi connectivity index (χ3n) is 7.49. The molecule has 5 nitrogen and oxygen atoms in total. The minimum Gasteiger partial charge on any atom is -0.295 e. The number of rotatable bonds is 5. The first-order valence-electron chi connectivity index (χ1n) is 12.4. The number of thioether (sulfide) groups is 1. The highest BCUT2D eigenvalue weighted by Crippen LogP contribution is 2.55. The van der Waals surface area contributed by atoms with E-state index in [1.165, 1.54) is 17.3 Å². The lowest BCUT2D eigenvalue weighted by molar-refractivity contribution is -0.124. The van der Waals surface area contributed by atoms with Crippen molar-refractivity contribution in [1.82, 2.24) is 4.90 Å². The summed E-state index contributed by atoms with van der Waals surface area (Å²) in [6.07, 6.45) is 3.38. The second kappa shape index (κ2) is 9.17. The smallest absolute Gasteiger partial charge is 0.269 e. The minimum absolute atomic E-state index is 0.00943. The zero-order chi connectivity index (χ0) is 23.8. The molecule has 2 fully saturated rings. The number of likely N-dealkylation sites (tertiary alicyclic amines) is 1. The number of fused-ring (bicyclic) bond motifs is 2. The molecule has 0 aromatic heterocycles. The number of amides is 2. The predicted molar refractivity (Wildman–Crippen MR) is 141 cm³/mol. The van der Waals surface area contributed by atoms with E-state index in [0.717, 1.165) is 49.3 Å². The van der Waals surface area contributed by atoms with Crippen molar-refractivity contribution in [1.29, 1.82) is 0 Å². The standard InChI is InChI=1S/C29H29N3O2S/c33-27-20-35-29(32(27)24-11-5-2-6-12-24)25-13-7-8-14-26(25)31(28(29)34)21-30-17-15-23(16-18-30)19-22-9-3-1-4-10-22/h1-14,23H,15-21H2/t29-/m0/s1. The van der Waals surface area contributed by atoms with Crippen LogP contribution in [0, 0.1) is 5.92 Å². The molecule has 3 aliphatic heterocycles. The van der Waals surface area contributed by atoms with Gasteiger partial charge in [0, 0.05) is 24.3 Å². The van der Waals surface area contributed by atoms with Crippen LogP contribution in [0.1, 0.15) is 24.0 Å². The molecule has 3 aromatic rings. The number of piperidine rings is 1. The Kier molecular flexibility index (Phi) is 5.86. The van der Waals surface area contributed by atoms with Gasteiger partial charge in [-0.3, -0.25) is 24.3 Å². The van der Waals surface area contributed by atoms with Gasteiger partial charge in [-0.15, -0.1) is 11.8 Å². The Labute approximate surface area is 210 Å². The Morgan fingerprint density at radius 3 is 2.23 bits per heavy atom. The summed E-state index contributed by atoms with van der Waals surface area (Å²) in [7, 11) is 0. The van der Waals surface area contributed by atoms with E-state index >= 15 is 0 Å². The van der Waals surface area contributed by atoms with Gasteiger partial charge < -0.3 is 0 Å². The average Bonchev–Trinajstić information content (AvgIpc) is 3.37. The summed E-state index contributed by atoms with van der Waals surface area (Å²) < 4.78 is 0. The zero-order valence-electron chi connectivity index (χ0n) is 19.7. The third kappa shape index (κ3) is 3.85. The van der Waals surface area contributed by atoms with Crippen molar-refractivity contribution in [2.45, 2.75) is 24.1 Å². The van der Waals surface area contributed by atoms with Gasteiger partial charge in [0.1, 0.15) is 0 Å². The van der Waals surface area contributed by atoms with Crippen molar-refractivity contribution in [3.05, 3.63) is 96.1 Å². The SMILES string of the molecule is O=C1CS[C@@]2(C(=O)N(CN3CCC(Cc4ccccc4)CC3)c3ccccc32)N1c1ccccc1. The topological polar surface area (TPSA) is 43.9 Å². The summed E-state index contributed by atoms with van der Waals surface area (Å²) in [6, 6.07) is 28.3. The van der Waals surface area contributed by atoms with Gasteiger partial charge in [0.05, 0.1) is 18.1 Å². The molecule has 3 aliphatic rings. The summed E-state index contributed by atoms with van der Waals surface area (Å²) in [4.78, 5) is 32.3. The van der Waals surface area contributed by atoms with Gasteiger partial charge in [-0.2, -0.15) is 0 Å². The van der Waals surface area contributed by atoms with Gasteiger partial charge >= 0.3 is 0 Å². The van der Waals surface area contributed by atoms with Crippen LogP contribution in [0.4, 0.5) is 11.4 Å². The number of para-hydroxylation sites is 2. The van der Waals surface area contributed by atoms with E-state index in [9.17, 15) is 9.59 Å². The molecule has 0 N–H and O–H groups in total. The van der Waals surface area contributed by atoms with Crippen molar-refractivity contribution in [3.63, 3.8) is 0 Å². The number of hydrogen-bond acceptors (Lipinski definition) is 4. The molecule has 2 saturated heterocycles. The van der Waals surface area contributed by atoms with Gasteiger partial charge in [-0.25, -0.2) is 0 Å². The highest BCUT2D eigenvalue weighted by molar-refractivity contribution is 8.02. The van der Waals surface area contributed by atoms with E-state index in [1.807, 2.05) is 59.5 Å². The molecular formula is C29H29N3O2S. The molecule has 2 amide bonds. The van der Waals surface area contributed by atoms with Gasteiger partial charge in [0.2, 0.25) is 10.8 Å². The third-order valence-corrected chi connectivity index (χ3v) is 8.88. The van der Waals surface area contributed by atoms with Crippen LogP contribution in [0.25, 0.3) is 0 Å². The molecule has 6 heteroatoms. The van der Waals surface area contributed by atoms with E-state index in [1.54, 1.807) is 4.90 Å². The average molecular weight is 484 g/mol. The van der Waals surface area contributed by atoms with Gasteiger partial charge in [0.15, 0.2) is 0 Å². The normalized spacial score (nSPS) is 22.9. The summed E-state index contributed by atoms with van der Waals surface area (Å²) >= 11 is 1.45. The Balaban J connectivity index is 1.23. The molecule has 1 atom stereocenters. The summed E-state index contributed by atoms with van der Waals surface area (Å²) in [5.41, 5.74) is 4.02. The highest BCUT2D eigenvalue weighted by Gasteiger charge is 2.61. The molecule has 0 radical (unpaired) electrons. The summed E-state index contributed by atoms with van der Waals surface area (Å²) in [5, 5.41) is 0. The van der Waals surface area contributed by atoms with Crippen LogP contribution < -0.4 is 9.80 Å². The fraction of sp³-hybridized carbons (Fsp3) is 0.310. The Morgan fingerprint density at radius 1 is 0.829 bits per heavy atom.